The fourth-order valence-electron chi connectivity index (χ4n) is 3.54. The Morgan fingerprint density at radius 3 is 2.73 bits per heavy atom. The maximum atomic E-state index is 12.3. The van der Waals surface area contributed by atoms with Gasteiger partial charge in [0.15, 0.2) is 5.82 Å². The van der Waals surface area contributed by atoms with Gasteiger partial charge >= 0.3 is 0 Å². The third-order valence-electron chi connectivity index (χ3n) is 4.61. The molecule has 0 aliphatic carbocycles. The van der Waals surface area contributed by atoms with Gasteiger partial charge in [0.2, 0.25) is 10.0 Å². The van der Waals surface area contributed by atoms with Gasteiger partial charge in [-0.25, -0.2) is 18.7 Å². The molecule has 9 heteroatoms. The highest BCUT2D eigenvalue weighted by Crippen LogP contribution is 2.40. The zero-order valence-electron chi connectivity index (χ0n) is 14.2. The molecule has 4 rings (SSSR count). The van der Waals surface area contributed by atoms with Crippen LogP contribution in [-0.2, 0) is 16.4 Å². The Kier molecular flexibility index (Phi) is 3.97. The van der Waals surface area contributed by atoms with Crippen molar-refractivity contribution in [3.8, 4) is 22.5 Å². The van der Waals surface area contributed by atoms with E-state index in [4.69, 9.17) is 5.14 Å². The molecule has 0 radical (unpaired) electrons. The Morgan fingerprint density at radius 2 is 2.00 bits per heavy atom. The number of sulfonamides is 1. The Hall–Kier alpha value is -2.78. The molecule has 0 unspecified atom stereocenters. The van der Waals surface area contributed by atoms with E-state index >= 15 is 0 Å². The minimum absolute atomic E-state index is 0.0370. The highest BCUT2D eigenvalue weighted by molar-refractivity contribution is 7.89. The van der Waals surface area contributed by atoms with Gasteiger partial charge in [0.25, 0.3) is 0 Å². The van der Waals surface area contributed by atoms with Gasteiger partial charge in [0.1, 0.15) is 0 Å². The minimum Gasteiger partial charge on any atom is -0.385 e. The lowest BCUT2D eigenvalue weighted by atomic mass is 9.89. The molecule has 0 saturated carbocycles. The molecule has 2 heterocycles. The first-order valence-electron chi connectivity index (χ1n) is 8.23. The molecule has 134 valence electrons. The molecule has 0 amide bonds. The quantitative estimate of drug-likeness (QED) is 0.646. The van der Waals surface area contributed by atoms with Crippen molar-refractivity contribution >= 4 is 15.7 Å². The van der Waals surface area contributed by atoms with Crippen molar-refractivity contribution < 1.29 is 8.42 Å². The van der Waals surface area contributed by atoms with E-state index in [9.17, 15) is 8.42 Å². The summed E-state index contributed by atoms with van der Waals surface area (Å²) in [7, 11) is -3.97. The van der Waals surface area contributed by atoms with Gasteiger partial charge in [-0.3, -0.25) is 0 Å². The number of benzene rings is 2. The Bertz CT molecular complexity index is 1080. The predicted octanol–water partition coefficient (Wildman–Crippen LogP) is 1.85. The number of anilines is 1. The fourth-order valence-corrected chi connectivity index (χ4v) is 4.55. The molecule has 0 bridgehead atoms. The van der Waals surface area contributed by atoms with Crippen molar-refractivity contribution in [3.63, 3.8) is 0 Å². The van der Waals surface area contributed by atoms with Crippen molar-refractivity contribution in [1.82, 2.24) is 20.6 Å². The van der Waals surface area contributed by atoms with Gasteiger partial charge in [-0.2, -0.15) is 0 Å². The average Bonchev–Trinajstić information content (AvgIpc) is 3.14. The number of aryl methyl sites for hydroxylation is 1. The third kappa shape index (κ3) is 2.74. The first kappa shape index (κ1) is 16.7. The molecule has 26 heavy (non-hydrogen) atoms. The Labute approximate surface area is 150 Å². The van der Waals surface area contributed by atoms with Gasteiger partial charge in [0, 0.05) is 17.8 Å². The van der Waals surface area contributed by atoms with Crippen LogP contribution in [0.3, 0.4) is 0 Å². The summed E-state index contributed by atoms with van der Waals surface area (Å²) in [5.74, 6) is 0.272. The van der Waals surface area contributed by atoms with Crippen LogP contribution in [0.25, 0.3) is 22.5 Å². The summed E-state index contributed by atoms with van der Waals surface area (Å²) in [4.78, 5) is 0.0370. The molecule has 8 nitrogen and oxygen atoms in total. The maximum Gasteiger partial charge on any atom is 0.239 e. The van der Waals surface area contributed by atoms with E-state index in [1.54, 1.807) is 13.0 Å². The minimum atomic E-state index is -3.97. The van der Waals surface area contributed by atoms with Crippen LogP contribution < -0.4 is 10.5 Å². The smallest absolute Gasteiger partial charge is 0.239 e. The average molecular weight is 370 g/mol. The summed E-state index contributed by atoms with van der Waals surface area (Å²) in [5.41, 5.74) is 4.84. The van der Waals surface area contributed by atoms with Crippen molar-refractivity contribution in [2.24, 2.45) is 5.14 Å². The van der Waals surface area contributed by atoms with E-state index in [1.807, 2.05) is 24.3 Å². The molecule has 0 saturated heterocycles. The molecule has 1 aliphatic rings. The van der Waals surface area contributed by atoms with Crippen LogP contribution in [0.4, 0.5) is 5.69 Å². The lowest BCUT2D eigenvalue weighted by Gasteiger charge is -2.23. The number of aromatic amines is 1. The molecule has 1 aliphatic heterocycles. The molecular formula is C17H18N6O2S. The Morgan fingerprint density at radius 1 is 1.15 bits per heavy atom. The fraction of sp³-hybridized carbons (Fsp3) is 0.235. The molecule has 4 N–H and O–H groups in total. The van der Waals surface area contributed by atoms with Crippen molar-refractivity contribution in [2.45, 2.75) is 24.7 Å². The van der Waals surface area contributed by atoms with Crippen LogP contribution in [0, 0.1) is 6.92 Å². The number of fused-ring (bicyclic) bond motifs is 1. The van der Waals surface area contributed by atoms with Crippen LogP contribution >= 0.6 is 0 Å². The zero-order chi connectivity index (χ0) is 18.3. The number of tetrazole rings is 1. The number of primary sulfonamides is 1. The molecule has 1 aromatic heterocycles. The van der Waals surface area contributed by atoms with Crippen LogP contribution in [0.1, 0.15) is 17.5 Å². The molecule has 0 fully saturated rings. The molecule has 0 atom stereocenters. The van der Waals surface area contributed by atoms with E-state index < -0.39 is 10.0 Å². The van der Waals surface area contributed by atoms with Crippen LogP contribution in [0.5, 0.6) is 0 Å². The summed E-state index contributed by atoms with van der Waals surface area (Å²) < 4.78 is 24.6. The first-order valence-corrected chi connectivity index (χ1v) is 9.78. The van der Waals surface area contributed by atoms with Gasteiger partial charge in [-0.05, 0) is 58.5 Å². The highest BCUT2D eigenvalue weighted by atomic mass is 32.2. The molecule has 0 spiro atoms. The van der Waals surface area contributed by atoms with E-state index in [-0.39, 0.29) is 10.7 Å². The summed E-state index contributed by atoms with van der Waals surface area (Å²) in [5, 5.41) is 22.8. The highest BCUT2D eigenvalue weighted by Gasteiger charge is 2.26. The number of aromatic nitrogens is 4. The lowest BCUT2D eigenvalue weighted by Crippen LogP contribution is -2.16. The topological polar surface area (TPSA) is 127 Å². The molecule has 2 aromatic carbocycles. The number of nitrogens with two attached hydrogens (primary N) is 1. The normalized spacial score (nSPS) is 13.9. The first-order chi connectivity index (χ1) is 12.5. The zero-order valence-corrected chi connectivity index (χ0v) is 15.0. The van der Waals surface area contributed by atoms with Crippen molar-refractivity contribution in [2.75, 3.05) is 11.9 Å². The number of rotatable bonds is 3. The van der Waals surface area contributed by atoms with Crippen LogP contribution in [0.15, 0.2) is 35.2 Å². The number of nitrogens with zero attached hydrogens (tertiary/aromatic N) is 3. The number of hydrogen-bond donors (Lipinski definition) is 3. The second kappa shape index (κ2) is 6.19. The standard InChI is InChI=1S/C17H18N6O2S/c1-10-7-8-13(11-4-2-6-14-12(11)5-3-9-19-14)15(16(10)26(18,24)25)17-20-22-23-21-17/h2,4,6-8,19H,3,5,9H2,1H3,(H2,18,24,25)(H,20,21,22,23). The van der Waals surface area contributed by atoms with Gasteiger partial charge in [-0.1, -0.05) is 24.3 Å². The van der Waals surface area contributed by atoms with E-state index in [1.165, 1.54) is 0 Å². The maximum absolute atomic E-state index is 12.3. The summed E-state index contributed by atoms with van der Waals surface area (Å²) >= 11 is 0. The van der Waals surface area contributed by atoms with Gasteiger partial charge in [-0.15, -0.1) is 5.10 Å². The van der Waals surface area contributed by atoms with Crippen molar-refractivity contribution in [3.05, 3.63) is 41.5 Å². The Balaban J connectivity index is 2.08. The second-order valence-corrected chi connectivity index (χ2v) is 7.79. The molecular weight excluding hydrogens is 352 g/mol. The van der Waals surface area contributed by atoms with Gasteiger partial charge in [0.05, 0.1) is 4.90 Å². The number of hydrogen-bond acceptors (Lipinski definition) is 6. The summed E-state index contributed by atoms with van der Waals surface area (Å²) in [6.07, 6.45) is 1.92. The number of nitrogens with one attached hydrogen (secondary N) is 2. The summed E-state index contributed by atoms with van der Waals surface area (Å²) in [6.45, 7) is 2.63. The summed E-state index contributed by atoms with van der Waals surface area (Å²) in [6, 6.07) is 9.62. The monoisotopic (exact) mass is 370 g/mol. The second-order valence-electron chi connectivity index (χ2n) is 6.29. The van der Waals surface area contributed by atoms with E-state index in [2.05, 4.69) is 25.9 Å². The largest absolute Gasteiger partial charge is 0.385 e. The lowest BCUT2D eigenvalue weighted by molar-refractivity contribution is 0.597. The third-order valence-corrected chi connectivity index (χ3v) is 5.70. The number of H-pyrrole nitrogens is 1. The van der Waals surface area contributed by atoms with Crippen LogP contribution in [0.2, 0.25) is 0 Å². The SMILES string of the molecule is Cc1ccc(-c2cccc3c2CCCN3)c(-c2nnn[nH]2)c1S(N)(=O)=O. The predicted molar refractivity (Wildman–Crippen MR) is 98.0 cm³/mol. The molecule has 3 aromatic rings. The van der Waals surface area contributed by atoms with Crippen molar-refractivity contribution in [1.29, 1.82) is 0 Å². The van der Waals surface area contributed by atoms with Gasteiger partial charge < -0.3 is 5.32 Å². The van der Waals surface area contributed by atoms with E-state index in [0.29, 0.717) is 11.1 Å². The van der Waals surface area contributed by atoms with Crippen LogP contribution in [-0.4, -0.2) is 35.6 Å². The van der Waals surface area contributed by atoms with E-state index in [0.717, 1.165) is 41.8 Å².